The molecule has 28 heavy (non-hydrogen) atoms. The molecule has 1 N–H and O–H groups in total. The molecular formula is C19H16ClN5O2S. The number of hydrogen-bond donors (Lipinski definition) is 1. The van der Waals surface area contributed by atoms with Gasteiger partial charge in [-0.1, -0.05) is 29.8 Å². The molecule has 7 nitrogen and oxygen atoms in total. The van der Waals surface area contributed by atoms with Crippen LogP contribution in [0.15, 0.2) is 46.6 Å². The molecule has 9 heteroatoms. The number of aromatic amines is 1. The van der Waals surface area contributed by atoms with Crippen LogP contribution in [0.25, 0.3) is 15.9 Å². The van der Waals surface area contributed by atoms with Crippen molar-refractivity contribution >= 4 is 39.1 Å². The smallest absolute Gasteiger partial charge is 0.268 e. The zero-order valence-corrected chi connectivity index (χ0v) is 16.7. The van der Waals surface area contributed by atoms with Crippen molar-refractivity contribution in [2.24, 2.45) is 0 Å². The number of amides is 1. The highest BCUT2D eigenvalue weighted by atomic mass is 35.5. The Kier molecular flexibility index (Phi) is 4.74. The number of hydrogen-bond acceptors (Lipinski definition) is 5. The lowest BCUT2D eigenvalue weighted by Crippen LogP contribution is -2.28. The second-order valence-electron chi connectivity index (χ2n) is 6.31. The summed E-state index contributed by atoms with van der Waals surface area (Å²) in [6.07, 6.45) is 0. The summed E-state index contributed by atoms with van der Waals surface area (Å²) in [6, 6.07) is 11.1. The summed E-state index contributed by atoms with van der Waals surface area (Å²) in [4.78, 5) is 33.7. The molecule has 1 aromatic carbocycles. The van der Waals surface area contributed by atoms with E-state index in [1.54, 1.807) is 20.0 Å². The van der Waals surface area contributed by atoms with Crippen molar-refractivity contribution < 1.29 is 4.79 Å². The van der Waals surface area contributed by atoms with E-state index in [0.29, 0.717) is 27.3 Å². The Morgan fingerprint density at radius 1 is 1.29 bits per heavy atom. The fourth-order valence-corrected chi connectivity index (χ4v) is 4.04. The molecule has 0 aliphatic carbocycles. The molecule has 3 heterocycles. The maximum Gasteiger partial charge on any atom is 0.268 e. The van der Waals surface area contributed by atoms with E-state index in [0.717, 1.165) is 5.69 Å². The summed E-state index contributed by atoms with van der Waals surface area (Å²) in [5.41, 5.74) is 2.04. The van der Waals surface area contributed by atoms with Crippen molar-refractivity contribution in [3.63, 3.8) is 0 Å². The molecule has 0 radical (unpaired) electrons. The van der Waals surface area contributed by atoms with E-state index in [-0.39, 0.29) is 23.2 Å². The number of nitrogens with zero attached hydrogens (tertiary/aromatic N) is 4. The Balaban J connectivity index is 1.63. The zero-order chi connectivity index (χ0) is 19.8. The van der Waals surface area contributed by atoms with Crippen molar-refractivity contribution in [1.82, 2.24) is 24.6 Å². The SMILES string of the molecule is Cc1nn(-c2ccccc2)c(Cl)c1C(=O)N(C)Cc1nc2ccsc2c(=O)[nH]1. The number of rotatable bonds is 4. The molecule has 1 amide bonds. The van der Waals surface area contributed by atoms with Crippen LogP contribution in [0.1, 0.15) is 21.9 Å². The molecular weight excluding hydrogens is 398 g/mol. The number of carbonyl (C=O) groups excluding carboxylic acids is 1. The van der Waals surface area contributed by atoms with Crippen molar-refractivity contribution in [2.75, 3.05) is 7.05 Å². The van der Waals surface area contributed by atoms with Gasteiger partial charge in [0.1, 0.15) is 15.7 Å². The summed E-state index contributed by atoms with van der Waals surface area (Å²) in [5, 5.41) is 6.46. The van der Waals surface area contributed by atoms with Gasteiger partial charge in [-0.05, 0) is 30.5 Å². The van der Waals surface area contributed by atoms with Gasteiger partial charge in [-0.3, -0.25) is 9.59 Å². The van der Waals surface area contributed by atoms with Gasteiger partial charge in [0.2, 0.25) is 0 Å². The molecule has 0 saturated heterocycles. The fraction of sp³-hybridized carbons (Fsp3) is 0.158. The molecule has 4 rings (SSSR count). The first-order valence-electron chi connectivity index (χ1n) is 8.48. The van der Waals surface area contributed by atoms with Crippen LogP contribution in [0.5, 0.6) is 0 Å². The number of H-pyrrole nitrogens is 1. The predicted octanol–water partition coefficient (Wildman–Crippen LogP) is 3.40. The fourth-order valence-electron chi connectivity index (χ4n) is 2.97. The quantitative estimate of drug-likeness (QED) is 0.555. The molecule has 4 aromatic rings. The molecule has 0 spiro atoms. The van der Waals surface area contributed by atoms with Crippen LogP contribution in [0, 0.1) is 6.92 Å². The Bertz CT molecular complexity index is 1230. The normalized spacial score (nSPS) is 11.1. The average molecular weight is 414 g/mol. The minimum Gasteiger partial charge on any atom is -0.334 e. The number of carbonyl (C=O) groups is 1. The Morgan fingerprint density at radius 2 is 2.04 bits per heavy atom. The average Bonchev–Trinajstić information content (AvgIpc) is 3.26. The third-order valence-corrected chi connectivity index (χ3v) is 5.57. The standard InChI is InChI=1S/C19H16ClN5O2S/c1-11-15(17(20)25(23-11)12-6-4-3-5-7-12)19(27)24(2)10-14-21-13-8-9-28-16(13)18(26)22-14/h3-9H,10H2,1-2H3,(H,21,22,26). The number of benzene rings is 1. The number of nitrogens with one attached hydrogen (secondary N) is 1. The Labute approximate surface area is 169 Å². The van der Waals surface area contributed by atoms with E-state index in [9.17, 15) is 9.59 Å². The lowest BCUT2D eigenvalue weighted by atomic mass is 10.2. The van der Waals surface area contributed by atoms with Crippen molar-refractivity contribution in [2.45, 2.75) is 13.5 Å². The molecule has 0 bridgehead atoms. The molecule has 3 aromatic heterocycles. The molecule has 0 aliphatic rings. The van der Waals surface area contributed by atoms with Crippen LogP contribution < -0.4 is 5.56 Å². The number of para-hydroxylation sites is 1. The molecule has 0 unspecified atom stereocenters. The number of aromatic nitrogens is 4. The number of thiophene rings is 1. The van der Waals surface area contributed by atoms with Crippen LogP contribution in [-0.4, -0.2) is 37.6 Å². The van der Waals surface area contributed by atoms with Gasteiger partial charge < -0.3 is 9.88 Å². The third-order valence-electron chi connectivity index (χ3n) is 4.32. The monoisotopic (exact) mass is 413 g/mol. The summed E-state index contributed by atoms with van der Waals surface area (Å²) >= 11 is 7.81. The van der Waals surface area contributed by atoms with Crippen LogP contribution in [0.3, 0.4) is 0 Å². The highest BCUT2D eigenvalue weighted by Gasteiger charge is 2.24. The number of aryl methyl sites for hydroxylation is 1. The second kappa shape index (κ2) is 7.21. The molecule has 0 aliphatic heterocycles. The zero-order valence-electron chi connectivity index (χ0n) is 15.1. The minimum absolute atomic E-state index is 0.145. The predicted molar refractivity (Wildman–Crippen MR) is 109 cm³/mol. The van der Waals surface area contributed by atoms with E-state index in [1.807, 2.05) is 35.7 Å². The summed E-state index contributed by atoms with van der Waals surface area (Å²) in [5.74, 6) is 0.119. The van der Waals surface area contributed by atoms with Gasteiger partial charge in [0.15, 0.2) is 0 Å². The first kappa shape index (κ1) is 18.4. The van der Waals surface area contributed by atoms with E-state index < -0.39 is 0 Å². The van der Waals surface area contributed by atoms with E-state index in [1.165, 1.54) is 20.9 Å². The van der Waals surface area contributed by atoms with E-state index in [4.69, 9.17) is 11.6 Å². The van der Waals surface area contributed by atoms with Gasteiger partial charge in [0.25, 0.3) is 11.5 Å². The third kappa shape index (κ3) is 3.21. The van der Waals surface area contributed by atoms with Crippen molar-refractivity contribution in [3.8, 4) is 5.69 Å². The molecule has 0 saturated carbocycles. The lowest BCUT2D eigenvalue weighted by Gasteiger charge is -2.16. The summed E-state index contributed by atoms with van der Waals surface area (Å²) < 4.78 is 2.11. The van der Waals surface area contributed by atoms with Crippen LogP contribution in [0.4, 0.5) is 0 Å². The van der Waals surface area contributed by atoms with Gasteiger partial charge in [0.05, 0.1) is 29.0 Å². The van der Waals surface area contributed by atoms with Gasteiger partial charge >= 0.3 is 0 Å². The summed E-state index contributed by atoms with van der Waals surface area (Å²) in [7, 11) is 1.63. The highest BCUT2D eigenvalue weighted by molar-refractivity contribution is 7.17. The highest BCUT2D eigenvalue weighted by Crippen LogP contribution is 2.25. The topological polar surface area (TPSA) is 83.9 Å². The van der Waals surface area contributed by atoms with Gasteiger partial charge in [-0.2, -0.15) is 5.10 Å². The molecule has 0 fully saturated rings. The maximum atomic E-state index is 13.0. The van der Waals surface area contributed by atoms with Crippen molar-refractivity contribution in [1.29, 1.82) is 0 Å². The van der Waals surface area contributed by atoms with Crippen LogP contribution in [-0.2, 0) is 6.54 Å². The van der Waals surface area contributed by atoms with E-state index in [2.05, 4.69) is 15.1 Å². The Morgan fingerprint density at radius 3 is 2.79 bits per heavy atom. The van der Waals surface area contributed by atoms with Gasteiger partial charge in [-0.15, -0.1) is 11.3 Å². The summed E-state index contributed by atoms with van der Waals surface area (Å²) in [6.45, 7) is 1.88. The number of halogens is 1. The number of fused-ring (bicyclic) bond motifs is 1. The second-order valence-corrected chi connectivity index (χ2v) is 7.58. The van der Waals surface area contributed by atoms with Crippen LogP contribution in [0.2, 0.25) is 5.15 Å². The van der Waals surface area contributed by atoms with Gasteiger partial charge in [0, 0.05) is 7.05 Å². The maximum absolute atomic E-state index is 13.0. The van der Waals surface area contributed by atoms with Crippen LogP contribution >= 0.6 is 22.9 Å². The lowest BCUT2D eigenvalue weighted by molar-refractivity contribution is 0.0781. The minimum atomic E-state index is -0.294. The first-order valence-corrected chi connectivity index (χ1v) is 9.74. The molecule has 0 atom stereocenters. The van der Waals surface area contributed by atoms with E-state index >= 15 is 0 Å². The first-order chi connectivity index (χ1) is 13.5. The Hall–Kier alpha value is -2.97. The van der Waals surface area contributed by atoms with Crippen molar-refractivity contribution in [3.05, 3.63) is 74.4 Å². The molecule has 142 valence electrons. The largest absolute Gasteiger partial charge is 0.334 e. The van der Waals surface area contributed by atoms with Gasteiger partial charge in [-0.25, -0.2) is 9.67 Å².